The van der Waals surface area contributed by atoms with Crippen LogP contribution in [0.4, 0.5) is 5.69 Å². The van der Waals surface area contributed by atoms with E-state index in [1.807, 2.05) is 6.07 Å². The third kappa shape index (κ3) is 5.17. The van der Waals surface area contributed by atoms with E-state index in [1.165, 1.54) is 16.4 Å². The van der Waals surface area contributed by atoms with Crippen molar-refractivity contribution >= 4 is 27.6 Å². The van der Waals surface area contributed by atoms with Gasteiger partial charge in [-0.15, -0.1) is 0 Å². The number of nitrogens with one attached hydrogen (secondary N) is 1. The van der Waals surface area contributed by atoms with Crippen LogP contribution in [0.3, 0.4) is 0 Å². The summed E-state index contributed by atoms with van der Waals surface area (Å²) in [5.74, 6) is -1.25. The lowest BCUT2D eigenvalue weighted by Crippen LogP contribution is -2.31. The van der Waals surface area contributed by atoms with E-state index in [1.54, 1.807) is 51.1 Å². The number of carbonyl (C=O) groups excluding carboxylic acids is 2. The van der Waals surface area contributed by atoms with E-state index >= 15 is 0 Å². The first-order valence-electron chi connectivity index (χ1n) is 8.92. The standard InChI is InChI=1S/C20H24N2O5S/c1-4-22(5-2)28(25,26)18-13-16(12-11-15(18)3)20(24)27-14-19(23)21-17-9-7-6-8-10-17/h6-13H,4-5,14H2,1-3H3,(H,21,23). The average molecular weight is 404 g/mol. The van der Waals surface area contributed by atoms with Crippen molar-refractivity contribution in [3.05, 3.63) is 59.7 Å². The number of amides is 1. The summed E-state index contributed by atoms with van der Waals surface area (Å²) in [7, 11) is -3.71. The second-order valence-electron chi connectivity index (χ2n) is 6.06. The molecule has 2 rings (SSSR count). The summed E-state index contributed by atoms with van der Waals surface area (Å²) in [5, 5.41) is 2.60. The van der Waals surface area contributed by atoms with Crippen LogP contribution >= 0.6 is 0 Å². The lowest BCUT2D eigenvalue weighted by atomic mass is 10.1. The van der Waals surface area contributed by atoms with Gasteiger partial charge in [0.25, 0.3) is 5.91 Å². The Morgan fingerprint density at radius 3 is 2.29 bits per heavy atom. The normalized spacial score (nSPS) is 11.3. The zero-order valence-corrected chi connectivity index (χ0v) is 17.0. The van der Waals surface area contributed by atoms with Gasteiger partial charge in [-0.2, -0.15) is 4.31 Å². The highest BCUT2D eigenvalue weighted by Gasteiger charge is 2.25. The molecule has 0 atom stereocenters. The lowest BCUT2D eigenvalue weighted by molar-refractivity contribution is -0.119. The van der Waals surface area contributed by atoms with Crippen molar-refractivity contribution in [3.63, 3.8) is 0 Å². The van der Waals surface area contributed by atoms with Gasteiger partial charge in [-0.1, -0.05) is 38.1 Å². The third-order valence-corrected chi connectivity index (χ3v) is 6.33. The van der Waals surface area contributed by atoms with Crippen molar-refractivity contribution in [2.45, 2.75) is 25.7 Å². The van der Waals surface area contributed by atoms with E-state index in [2.05, 4.69) is 5.32 Å². The van der Waals surface area contributed by atoms with E-state index in [0.29, 0.717) is 24.3 Å². The maximum Gasteiger partial charge on any atom is 0.338 e. The quantitative estimate of drug-likeness (QED) is 0.683. The van der Waals surface area contributed by atoms with Gasteiger partial charge in [-0.3, -0.25) is 4.79 Å². The predicted octanol–water partition coefficient (Wildman–Crippen LogP) is 2.82. The van der Waals surface area contributed by atoms with Gasteiger partial charge in [0.2, 0.25) is 10.0 Å². The van der Waals surface area contributed by atoms with Crippen molar-refractivity contribution in [2.75, 3.05) is 25.0 Å². The first-order chi connectivity index (χ1) is 13.3. The van der Waals surface area contributed by atoms with Crippen LogP contribution < -0.4 is 5.32 Å². The zero-order valence-electron chi connectivity index (χ0n) is 16.1. The van der Waals surface area contributed by atoms with Gasteiger partial charge in [-0.05, 0) is 36.8 Å². The molecule has 1 N–H and O–H groups in total. The molecule has 28 heavy (non-hydrogen) atoms. The second-order valence-corrected chi connectivity index (χ2v) is 7.97. The van der Waals surface area contributed by atoms with Gasteiger partial charge in [0.15, 0.2) is 6.61 Å². The summed E-state index contributed by atoms with van der Waals surface area (Å²) in [6.07, 6.45) is 0. The molecule has 150 valence electrons. The Bertz CT molecular complexity index is 938. The van der Waals surface area contributed by atoms with Crippen LogP contribution in [0, 0.1) is 6.92 Å². The van der Waals surface area contributed by atoms with Crippen LogP contribution in [0.1, 0.15) is 29.8 Å². The summed E-state index contributed by atoms with van der Waals surface area (Å²) in [5.41, 5.74) is 1.20. The van der Waals surface area contributed by atoms with Crippen molar-refractivity contribution < 1.29 is 22.7 Å². The number of sulfonamides is 1. The average Bonchev–Trinajstić information content (AvgIpc) is 2.68. The Balaban J connectivity index is 2.11. The highest BCUT2D eigenvalue weighted by Crippen LogP contribution is 2.21. The first kappa shape index (κ1) is 21.6. The van der Waals surface area contributed by atoms with E-state index in [-0.39, 0.29) is 10.5 Å². The number of anilines is 1. The molecular weight excluding hydrogens is 380 g/mol. The molecule has 2 aromatic rings. The molecule has 7 nitrogen and oxygen atoms in total. The number of benzene rings is 2. The SMILES string of the molecule is CCN(CC)S(=O)(=O)c1cc(C(=O)OCC(=O)Nc2ccccc2)ccc1C. The van der Waals surface area contributed by atoms with Crippen molar-refractivity contribution in [1.29, 1.82) is 0 Å². The minimum atomic E-state index is -3.71. The summed E-state index contributed by atoms with van der Waals surface area (Å²) >= 11 is 0. The number of aryl methyl sites for hydroxylation is 1. The van der Waals surface area contributed by atoms with E-state index in [4.69, 9.17) is 4.74 Å². The van der Waals surface area contributed by atoms with Crippen LogP contribution in [0.15, 0.2) is 53.4 Å². The Morgan fingerprint density at radius 1 is 1.04 bits per heavy atom. The molecule has 0 aliphatic heterocycles. The smallest absolute Gasteiger partial charge is 0.338 e. The summed E-state index contributed by atoms with van der Waals surface area (Å²) in [4.78, 5) is 24.2. The number of hydrogen-bond acceptors (Lipinski definition) is 5. The van der Waals surface area contributed by atoms with E-state index in [9.17, 15) is 18.0 Å². The molecule has 0 saturated heterocycles. The summed E-state index contributed by atoms with van der Waals surface area (Å²) in [6, 6.07) is 13.1. The Hall–Kier alpha value is -2.71. The molecule has 0 heterocycles. The first-order valence-corrected chi connectivity index (χ1v) is 10.4. The fourth-order valence-corrected chi connectivity index (χ4v) is 4.35. The van der Waals surface area contributed by atoms with Gasteiger partial charge < -0.3 is 10.1 Å². The van der Waals surface area contributed by atoms with Crippen molar-refractivity contribution in [3.8, 4) is 0 Å². The highest BCUT2D eigenvalue weighted by molar-refractivity contribution is 7.89. The monoisotopic (exact) mass is 404 g/mol. The zero-order chi connectivity index (χ0) is 20.7. The molecule has 0 saturated carbocycles. The van der Waals surface area contributed by atoms with Crippen LogP contribution in [-0.2, 0) is 19.6 Å². The highest BCUT2D eigenvalue weighted by atomic mass is 32.2. The molecule has 0 radical (unpaired) electrons. The Morgan fingerprint density at radius 2 is 1.68 bits per heavy atom. The fraction of sp³-hybridized carbons (Fsp3) is 0.300. The van der Waals surface area contributed by atoms with E-state index < -0.39 is 28.5 Å². The van der Waals surface area contributed by atoms with Crippen molar-refractivity contribution in [2.24, 2.45) is 0 Å². The van der Waals surface area contributed by atoms with Crippen LogP contribution in [-0.4, -0.2) is 44.3 Å². The second kappa shape index (κ2) is 9.48. The molecule has 0 aromatic heterocycles. The Kier molecular flexibility index (Phi) is 7.31. The van der Waals surface area contributed by atoms with Gasteiger partial charge in [0.05, 0.1) is 10.5 Å². The van der Waals surface area contributed by atoms with Gasteiger partial charge in [-0.25, -0.2) is 13.2 Å². The Labute approximate surface area is 165 Å². The number of para-hydroxylation sites is 1. The minimum absolute atomic E-state index is 0.0550. The fourth-order valence-electron chi connectivity index (χ4n) is 2.64. The molecule has 0 fully saturated rings. The summed E-state index contributed by atoms with van der Waals surface area (Å²) < 4.78 is 31.9. The lowest BCUT2D eigenvalue weighted by Gasteiger charge is -2.20. The molecule has 0 unspecified atom stereocenters. The molecule has 1 amide bonds. The molecule has 2 aromatic carbocycles. The number of carbonyl (C=O) groups is 2. The summed E-state index contributed by atoms with van der Waals surface area (Å²) in [6.45, 7) is 5.34. The predicted molar refractivity (Wildman–Crippen MR) is 107 cm³/mol. The minimum Gasteiger partial charge on any atom is -0.452 e. The largest absolute Gasteiger partial charge is 0.452 e. The third-order valence-electron chi connectivity index (χ3n) is 4.14. The number of rotatable bonds is 8. The molecular formula is C20H24N2O5S. The molecule has 0 aliphatic rings. The van der Waals surface area contributed by atoms with Crippen LogP contribution in [0.5, 0.6) is 0 Å². The number of hydrogen-bond donors (Lipinski definition) is 1. The van der Waals surface area contributed by atoms with Gasteiger partial charge in [0.1, 0.15) is 0 Å². The topological polar surface area (TPSA) is 92.8 Å². The van der Waals surface area contributed by atoms with Crippen LogP contribution in [0.2, 0.25) is 0 Å². The van der Waals surface area contributed by atoms with Crippen LogP contribution in [0.25, 0.3) is 0 Å². The maximum absolute atomic E-state index is 12.8. The van der Waals surface area contributed by atoms with Crippen molar-refractivity contribution in [1.82, 2.24) is 4.31 Å². The maximum atomic E-state index is 12.8. The molecule has 0 bridgehead atoms. The number of ether oxygens (including phenoxy) is 1. The van der Waals surface area contributed by atoms with Gasteiger partial charge in [0, 0.05) is 18.8 Å². The van der Waals surface area contributed by atoms with E-state index in [0.717, 1.165) is 0 Å². The molecule has 8 heteroatoms. The molecule has 0 spiro atoms. The molecule has 0 aliphatic carbocycles. The van der Waals surface area contributed by atoms with Gasteiger partial charge >= 0.3 is 5.97 Å². The number of nitrogens with zero attached hydrogens (tertiary/aromatic N) is 1. The number of esters is 1.